The number of nitrogens with zero attached hydrogens (tertiary/aromatic N) is 1. The molecule has 0 aliphatic rings. The van der Waals surface area contributed by atoms with Gasteiger partial charge in [0.2, 0.25) is 11.8 Å². The molecule has 2 N–H and O–H groups in total. The molecular formula is C20H20ClN3O5. The van der Waals surface area contributed by atoms with Crippen molar-refractivity contribution < 1.29 is 23.9 Å². The van der Waals surface area contributed by atoms with Gasteiger partial charge in [-0.25, -0.2) is 5.43 Å². The number of nitrogens with one attached hydrogen (secondary N) is 2. The Morgan fingerprint density at radius 2 is 1.79 bits per heavy atom. The van der Waals surface area contributed by atoms with Crippen LogP contribution in [-0.4, -0.2) is 31.1 Å². The van der Waals surface area contributed by atoms with Gasteiger partial charge < -0.3 is 14.8 Å². The van der Waals surface area contributed by atoms with Crippen LogP contribution in [-0.2, 0) is 14.4 Å². The Labute approximate surface area is 172 Å². The lowest BCUT2D eigenvalue weighted by atomic mass is 10.2. The van der Waals surface area contributed by atoms with Gasteiger partial charge in [-0.15, -0.1) is 0 Å². The van der Waals surface area contributed by atoms with Gasteiger partial charge in [0.1, 0.15) is 0 Å². The first-order valence-corrected chi connectivity index (χ1v) is 8.99. The molecule has 0 aromatic heterocycles. The molecule has 9 heteroatoms. The minimum absolute atomic E-state index is 0.0164. The number of methoxy groups -OCH3 is 1. The first kappa shape index (κ1) is 21.9. The van der Waals surface area contributed by atoms with Gasteiger partial charge in [0.25, 0.3) is 0 Å². The number of hydrazone groups is 1. The number of carbonyl (C=O) groups excluding carboxylic acids is 3. The lowest BCUT2D eigenvalue weighted by Gasteiger charge is -2.08. The third-order valence-electron chi connectivity index (χ3n) is 3.57. The topological polar surface area (TPSA) is 106 Å². The molecule has 0 atom stereocenters. The molecule has 0 bridgehead atoms. The molecule has 152 valence electrons. The van der Waals surface area contributed by atoms with Crippen LogP contribution >= 0.6 is 11.6 Å². The molecule has 0 aliphatic heterocycles. The molecule has 0 heterocycles. The Morgan fingerprint density at radius 3 is 2.48 bits per heavy atom. The maximum absolute atomic E-state index is 11.9. The van der Waals surface area contributed by atoms with Crippen molar-refractivity contribution in [3.05, 3.63) is 53.1 Å². The maximum Gasteiger partial charge on any atom is 0.308 e. The van der Waals surface area contributed by atoms with Crippen molar-refractivity contribution in [3.63, 3.8) is 0 Å². The third-order valence-corrected chi connectivity index (χ3v) is 3.90. The molecule has 0 saturated heterocycles. The summed E-state index contributed by atoms with van der Waals surface area (Å²) in [6, 6.07) is 11.6. The lowest BCUT2D eigenvalue weighted by molar-refractivity contribution is -0.132. The Morgan fingerprint density at radius 1 is 1.07 bits per heavy atom. The molecule has 2 amide bonds. The monoisotopic (exact) mass is 417 g/mol. The van der Waals surface area contributed by atoms with Crippen molar-refractivity contribution in [2.45, 2.75) is 19.8 Å². The predicted molar refractivity (Wildman–Crippen MR) is 109 cm³/mol. The van der Waals surface area contributed by atoms with Gasteiger partial charge >= 0.3 is 5.97 Å². The predicted octanol–water partition coefficient (Wildman–Crippen LogP) is 3.14. The fourth-order valence-corrected chi connectivity index (χ4v) is 2.42. The van der Waals surface area contributed by atoms with Crippen LogP contribution in [0.4, 0.5) is 5.69 Å². The SMILES string of the molecule is COc1cc(C=NNC(=O)CCC(=O)Nc2ccccc2Cl)ccc1OC(C)=O. The van der Waals surface area contributed by atoms with Crippen LogP contribution < -0.4 is 20.2 Å². The Bertz CT molecular complexity index is 930. The van der Waals surface area contributed by atoms with E-state index in [1.54, 1.807) is 42.5 Å². The summed E-state index contributed by atoms with van der Waals surface area (Å²) in [6.07, 6.45) is 1.35. The van der Waals surface area contributed by atoms with Crippen molar-refractivity contribution in [2.75, 3.05) is 12.4 Å². The number of carbonyl (C=O) groups is 3. The van der Waals surface area contributed by atoms with Crippen LogP contribution in [0.5, 0.6) is 11.5 Å². The summed E-state index contributed by atoms with van der Waals surface area (Å²) in [7, 11) is 1.44. The maximum atomic E-state index is 11.9. The number of esters is 1. The highest BCUT2D eigenvalue weighted by molar-refractivity contribution is 6.33. The number of hydrogen-bond acceptors (Lipinski definition) is 6. The summed E-state index contributed by atoms with van der Waals surface area (Å²) >= 11 is 5.97. The van der Waals surface area contributed by atoms with Crippen molar-refractivity contribution >= 4 is 41.3 Å². The van der Waals surface area contributed by atoms with Gasteiger partial charge in [0.15, 0.2) is 11.5 Å². The molecule has 8 nitrogen and oxygen atoms in total. The highest BCUT2D eigenvalue weighted by Gasteiger charge is 2.09. The second-order valence-corrected chi connectivity index (χ2v) is 6.23. The van der Waals surface area contributed by atoms with Crippen LogP contribution in [0.3, 0.4) is 0 Å². The van der Waals surface area contributed by atoms with E-state index in [1.165, 1.54) is 20.2 Å². The molecule has 2 aromatic carbocycles. The number of benzene rings is 2. The van der Waals surface area contributed by atoms with Crippen LogP contribution in [0.25, 0.3) is 0 Å². The zero-order valence-corrected chi connectivity index (χ0v) is 16.7. The quantitative estimate of drug-likeness (QED) is 0.297. The van der Waals surface area contributed by atoms with Crippen molar-refractivity contribution in [1.29, 1.82) is 0 Å². The normalized spacial score (nSPS) is 10.4. The summed E-state index contributed by atoms with van der Waals surface area (Å²) in [5.41, 5.74) is 3.45. The second-order valence-electron chi connectivity index (χ2n) is 5.83. The molecule has 0 fully saturated rings. The summed E-state index contributed by atoms with van der Waals surface area (Å²) in [5.74, 6) is -0.574. The number of amides is 2. The Balaban J connectivity index is 1.82. The van der Waals surface area contributed by atoms with E-state index in [0.717, 1.165) is 0 Å². The van der Waals surface area contributed by atoms with Crippen LogP contribution in [0.1, 0.15) is 25.3 Å². The molecule has 0 radical (unpaired) electrons. The molecular weight excluding hydrogens is 398 g/mol. The number of hydrogen-bond donors (Lipinski definition) is 2. The Kier molecular flexibility index (Phi) is 8.17. The fourth-order valence-electron chi connectivity index (χ4n) is 2.24. The zero-order chi connectivity index (χ0) is 21.2. The van der Waals surface area contributed by atoms with Crippen LogP contribution in [0.15, 0.2) is 47.6 Å². The number of para-hydroxylation sites is 1. The third kappa shape index (κ3) is 7.27. The number of rotatable bonds is 8. The van der Waals surface area contributed by atoms with Gasteiger partial charge in [-0.3, -0.25) is 14.4 Å². The summed E-state index contributed by atoms with van der Waals surface area (Å²) in [5, 5.41) is 6.90. The smallest absolute Gasteiger partial charge is 0.308 e. The zero-order valence-electron chi connectivity index (χ0n) is 15.9. The highest BCUT2D eigenvalue weighted by atomic mass is 35.5. The van der Waals surface area contributed by atoms with Gasteiger partial charge in [0, 0.05) is 19.8 Å². The highest BCUT2D eigenvalue weighted by Crippen LogP contribution is 2.27. The van der Waals surface area contributed by atoms with Gasteiger partial charge in [0.05, 0.1) is 24.0 Å². The summed E-state index contributed by atoms with van der Waals surface area (Å²) in [4.78, 5) is 34.8. The standard InChI is InChI=1S/C20H20ClN3O5/c1-13(25)29-17-8-7-14(11-18(17)28-2)12-22-24-20(27)10-9-19(26)23-16-6-4-3-5-15(16)21/h3-8,11-12H,9-10H2,1-2H3,(H,23,26)(H,24,27). The van der Waals surface area contributed by atoms with Crippen molar-refractivity contribution in [2.24, 2.45) is 5.10 Å². The molecule has 2 aromatic rings. The van der Waals surface area contributed by atoms with E-state index in [9.17, 15) is 14.4 Å². The molecule has 0 spiro atoms. The van der Waals surface area contributed by atoms with E-state index in [2.05, 4.69) is 15.8 Å². The van der Waals surface area contributed by atoms with Crippen molar-refractivity contribution in [1.82, 2.24) is 5.43 Å². The van der Waals surface area contributed by atoms with Crippen molar-refractivity contribution in [3.8, 4) is 11.5 Å². The molecule has 0 unspecified atom stereocenters. The van der Waals surface area contributed by atoms with E-state index in [1.807, 2.05) is 0 Å². The van der Waals surface area contributed by atoms with E-state index in [-0.39, 0.29) is 24.5 Å². The fraction of sp³-hybridized carbons (Fsp3) is 0.200. The van der Waals surface area contributed by atoms with Gasteiger partial charge in [-0.2, -0.15) is 5.10 Å². The minimum atomic E-state index is -0.462. The van der Waals surface area contributed by atoms with Crippen LogP contribution in [0, 0.1) is 0 Å². The first-order valence-electron chi connectivity index (χ1n) is 8.61. The molecule has 0 aliphatic carbocycles. The number of halogens is 1. The van der Waals surface area contributed by atoms with E-state index >= 15 is 0 Å². The van der Waals surface area contributed by atoms with Gasteiger partial charge in [-0.05, 0) is 35.9 Å². The van der Waals surface area contributed by atoms with E-state index in [0.29, 0.717) is 22.0 Å². The van der Waals surface area contributed by atoms with Crippen LogP contribution in [0.2, 0.25) is 5.02 Å². The lowest BCUT2D eigenvalue weighted by Crippen LogP contribution is -2.20. The summed E-state index contributed by atoms with van der Waals surface area (Å²) < 4.78 is 10.2. The second kappa shape index (κ2) is 10.8. The molecule has 29 heavy (non-hydrogen) atoms. The molecule has 0 saturated carbocycles. The minimum Gasteiger partial charge on any atom is -0.493 e. The largest absolute Gasteiger partial charge is 0.493 e. The van der Waals surface area contributed by atoms with Gasteiger partial charge in [-0.1, -0.05) is 23.7 Å². The summed E-state index contributed by atoms with van der Waals surface area (Å²) in [6.45, 7) is 1.29. The van der Waals surface area contributed by atoms with E-state index in [4.69, 9.17) is 21.1 Å². The average molecular weight is 418 g/mol. The number of ether oxygens (including phenoxy) is 2. The Hall–Kier alpha value is -3.39. The number of anilines is 1. The first-order chi connectivity index (χ1) is 13.9. The molecule has 2 rings (SSSR count). The average Bonchev–Trinajstić information content (AvgIpc) is 2.69. The van der Waals surface area contributed by atoms with E-state index < -0.39 is 11.9 Å².